The van der Waals surface area contributed by atoms with Crippen LogP contribution in [0.25, 0.3) is 0 Å². The van der Waals surface area contributed by atoms with Crippen LogP contribution in [0.3, 0.4) is 0 Å². The topological polar surface area (TPSA) is 183 Å². The van der Waals surface area contributed by atoms with Crippen molar-refractivity contribution in [3.8, 4) is 5.75 Å². The van der Waals surface area contributed by atoms with E-state index in [1.165, 1.54) is 11.0 Å². The van der Waals surface area contributed by atoms with Crippen molar-refractivity contribution in [2.24, 2.45) is 17.6 Å². The number of Topliss-reactive ketones (excluding diaryl/α,β-unsaturated/α-hetero) is 2. The smallest absolute Gasteiger partial charge is 0.255 e. The molecule has 0 fully saturated rings. The number of fused-ring (bicyclic) bond motifs is 3. The third kappa shape index (κ3) is 3.53. The highest BCUT2D eigenvalue weighted by atomic mass is 16.6. The van der Waals surface area contributed by atoms with Gasteiger partial charge in [-0.2, -0.15) is 5.48 Å². The lowest BCUT2D eigenvalue weighted by atomic mass is 9.58. The van der Waals surface area contributed by atoms with E-state index >= 15 is 0 Å². The zero-order chi connectivity index (χ0) is 26.7. The van der Waals surface area contributed by atoms with E-state index in [9.17, 15) is 34.8 Å². The van der Waals surface area contributed by atoms with E-state index in [1.807, 2.05) is 13.8 Å². The lowest BCUT2D eigenvalue weighted by Gasteiger charge is -2.50. The van der Waals surface area contributed by atoms with Gasteiger partial charge in [-0.3, -0.25) is 19.3 Å². The summed E-state index contributed by atoms with van der Waals surface area (Å²) < 4.78 is 0. The van der Waals surface area contributed by atoms with Gasteiger partial charge in [0.15, 0.2) is 11.4 Å². The molecule has 11 heteroatoms. The van der Waals surface area contributed by atoms with Gasteiger partial charge in [-0.25, -0.2) is 0 Å². The van der Waals surface area contributed by atoms with Crippen molar-refractivity contribution in [3.05, 3.63) is 51.5 Å². The van der Waals surface area contributed by atoms with Gasteiger partial charge < -0.3 is 31.0 Å². The summed E-state index contributed by atoms with van der Waals surface area (Å²) in [4.78, 5) is 45.8. The zero-order valence-corrected chi connectivity index (χ0v) is 20.5. The lowest BCUT2D eigenvalue weighted by Crippen LogP contribution is -2.63. The Hall–Kier alpha value is -3.25. The number of rotatable bonds is 6. The second-order valence-electron chi connectivity index (χ2n) is 9.76. The van der Waals surface area contributed by atoms with Crippen molar-refractivity contribution < 1.29 is 39.6 Å². The van der Waals surface area contributed by atoms with Crippen molar-refractivity contribution in [2.45, 2.75) is 44.4 Å². The minimum atomic E-state index is -2.65. The molecule has 3 aliphatic rings. The first kappa shape index (κ1) is 25.8. The molecule has 0 bridgehead atoms. The van der Waals surface area contributed by atoms with Gasteiger partial charge in [0.05, 0.1) is 24.3 Å². The molecule has 7 N–H and O–H groups in total. The second kappa shape index (κ2) is 9.00. The Kier molecular flexibility index (Phi) is 6.46. The van der Waals surface area contributed by atoms with Gasteiger partial charge in [-0.05, 0) is 63.9 Å². The fourth-order valence-electron chi connectivity index (χ4n) is 5.95. The van der Waals surface area contributed by atoms with Gasteiger partial charge >= 0.3 is 0 Å². The average molecular weight is 502 g/mol. The number of nitrogens with two attached hydrogens (primary N) is 1. The number of amides is 1. The third-order valence-electron chi connectivity index (χ3n) is 7.51. The molecule has 0 saturated carbocycles. The molecule has 3 aliphatic carbocycles. The molecule has 1 amide bonds. The van der Waals surface area contributed by atoms with Crippen molar-refractivity contribution in [1.82, 2.24) is 10.4 Å². The Morgan fingerprint density at radius 2 is 1.94 bits per heavy atom. The first-order chi connectivity index (χ1) is 16.9. The van der Waals surface area contributed by atoms with Crippen LogP contribution in [0, 0.1) is 11.8 Å². The molecule has 0 heterocycles. The SMILES string of the molecule is CCONC(C)c1ccc(O)c2c1C[C@H]1C[C@H]3[C@H](N(C)C)C(O)=C(C(N)=O)C(=O)[C@@]3(O)C(O)=C1C2=O. The number of primary amides is 1. The van der Waals surface area contributed by atoms with Gasteiger partial charge in [0.25, 0.3) is 5.91 Å². The number of phenols is 1. The number of phenolic OH excluding ortho intramolecular Hbond substituents is 1. The number of allylic oxidation sites excluding steroid dienone is 1. The van der Waals surface area contributed by atoms with Crippen LogP contribution in [-0.2, 0) is 20.8 Å². The largest absolute Gasteiger partial charge is 0.510 e. The number of carbonyl (C=O) groups excluding carboxylic acids is 3. The standard InChI is InChI=1S/C25H31N3O8/c1-5-36-27-10(2)12-6-7-15(29)17-13(12)8-11-9-14-19(28(3)4)21(31)18(24(26)34)23(33)25(14,35)22(32)16(11)20(17)30/h6-7,10-11,14,19,27,29,31-32,35H,5,8-9H2,1-4H3,(H2,26,34)/t10?,11-,14-,19-,25-/m0/s1. The second-order valence-corrected chi connectivity index (χ2v) is 9.76. The van der Waals surface area contributed by atoms with Crippen molar-refractivity contribution in [2.75, 3.05) is 20.7 Å². The zero-order valence-electron chi connectivity index (χ0n) is 20.5. The number of benzene rings is 1. The summed E-state index contributed by atoms with van der Waals surface area (Å²) in [7, 11) is 3.18. The Morgan fingerprint density at radius 3 is 2.53 bits per heavy atom. The summed E-state index contributed by atoms with van der Waals surface area (Å²) >= 11 is 0. The van der Waals surface area contributed by atoms with E-state index in [1.54, 1.807) is 20.2 Å². The predicted molar refractivity (Wildman–Crippen MR) is 127 cm³/mol. The van der Waals surface area contributed by atoms with Crippen LogP contribution in [0.5, 0.6) is 5.75 Å². The molecule has 1 aromatic rings. The van der Waals surface area contributed by atoms with Crippen LogP contribution < -0.4 is 11.2 Å². The number of likely N-dealkylation sites (N-methyl/N-ethyl adjacent to an activating group) is 1. The maximum atomic E-state index is 13.7. The Labute approximate surface area is 207 Å². The van der Waals surface area contributed by atoms with Crippen LogP contribution in [-0.4, -0.2) is 75.1 Å². The summed E-state index contributed by atoms with van der Waals surface area (Å²) in [5.41, 5.74) is 5.80. The normalized spacial score (nSPS) is 28.7. The number of nitrogens with zero attached hydrogens (tertiary/aromatic N) is 1. The molecule has 1 aromatic carbocycles. The monoisotopic (exact) mass is 501 g/mol. The average Bonchev–Trinajstić information content (AvgIpc) is 2.79. The van der Waals surface area contributed by atoms with Gasteiger partial charge in [-0.1, -0.05) is 6.07 Å². The van der Waals surface area contributed by atoms with E-state index in [2.05, 4.69) is 5.48 Å². The molecule has 0 radical (unpaired) electrons. The van der Waals surface area contributed by atoms with E-state index in [4.69, 9.17) is 10.6 Å². The van der Waals surface area contributed by atoms with Crippen LogP contribution in [0.15, 0.2) is 34.8 Å². The van der Waals surface area contributed by atoms with Crippen molar-refractivity contribution in [1.29, 1.82) is 0 Å². The molecule has 0 saturated heterocycles. The molecular weight excluding hydrogens is 470 g/mol. The maximum absolute atomic E-state index is 13.7. The Morgan fingerprint density at radius 1 is 1.28 bits per heavy atom. The van der Waals surface area contributed by atoms with Crippen LogP contribution in [0.1, 0.15) is 47.8 Å². The van der Waals surface area contributed by atoms with Crippen LogP contribution in [0.2, 0.25) is 0 Å². The molecule has 0 aliphatic heterocycles. The molecule has 0 aromatic heterocycles. The highest BCUT2D eigenvalue weighted by Gasteiger charge is 2.63. The number of aliphatic hydroxyl groups excluding tert-OH is 2. The molecule has 4 rings (SSSR count). The van der Waals surface area contributed by atoms with Crippen LogP contribution in [0.4, 0.5) is 0 Å². The van der Waals surface area contributed by atoms with E-state index in [0.29, 0.717) is 17.7 Å². The highest BCUT2D eigenvalue weighted by Crippen LogP contribution is 2.52. The Bertz CT molecular complexity index is 1220. The molecule has 11 nitrogen and oxygen atoms in total. The fraction of sp³-hybridized carbons (Fsp3) is 0.480. The summed E-state index contributed by atoms with van der Waals surface area (Å²) in [5.74, 6) is -6.71. The number of ketones is 2. The summed E-state index contributed by atoms with van der Waals surface area (Å²) in [6.45, 7) is 4.07. The molecule has 0 spiro atoms. The number of carbonyl (C=O) groups is 3. The summed E-state index contributed by atoms with van der Waals surface area (Å²) in [6, 6.07) is 1.70. The first-order valence-electron chi connectivity index (χ1n) is 11.7. The number of hydrogen-bond acceptors (Lipinski definition) is 10. The van der Waals surface area contributed by atoms with E-state index in [-0.39, 0.29) is 35.8 Å². The minimum absolute atomic E-state index is 0.0292. The quantitative estimate of drug-likeness (QED) is 0.240. The van der Waals surface area contributed by atoms with Gasteiger partial charge in [0.1, 0.15) is 22.8 Å². The number of hydroxylamine groups is 1. The van der Waals surface area contributed by atoms with E-state index in [0.717, 1.165) is 0 Å². The molecule has 1 unspecified atom stereocenters. The number of nitrogens with one attached hydrogen (secondary N) is 1. The van der Waals surface area contributed by atoms with Crippen molar-refractivity contribution in [3.63, 3.8) is 0 Å². The minimum Gasteiger partial charge on any atom is -0.510 e. The molecule has 36 heavy (non-hydrogen) atoms. The van der Waals surface area contributed by atoms with Gasteiger partial charge in [0, 0.05) is 11.5 Å². The van der Waals surface area contributed by atoms with Crippen LogP contribution >= 0.6 is 0 Å². The first-order valence-corrected chi connectivity index (χ1v) is 11.7. The molecule has 194 valence electrons. The summed E-state index contributed by atoms with van der Waals surface area (Å²) in [5, 5.41) is 44.3. The molecule has 5 atom stereocenters. The number of hydrogen-bond donors (Lipinski definition) is 6. The Balaban J connectivity index is 1.91. The molecular formula is C25H31N3O8. The van der Waals surface area contributed by atoms with Crippen molar-refractivity contribution >= 4 is 17.5 Å². The van der Waals surface area contributed by atoms with Gasteiger partial charge in [0.2, 0.25) is 5.78 Å². The van der Waals surface area contributed by atoms with Gasteiger partial charge in [-0.15, -0.1) is 0 Å². The predicted octanol–water partition coefficient (Wildman–Crippen LogP) is 0.723. The number of aromatic hydroxyl groups is 1. The lowest BCUT2D eigenvalue weighted by molar-refractivity contribution is -0.148. The maximum Gasteiger partial charge on any atom is 0.255 e. The van der Waals surface area contributed by atoms with E-state index < -0.39 is 58.0 Å². The fourth-order valence-corrected chi connectivity index (χ4v) is 5.95. The highest BCUT2D eigenvalue weighted by molar-refractivity contribution is 6.24. The number of aliphatic hydroxyl groups is 3. The third-order valence-corrected chi connectivity index (χ3v) is 7.51. The summed E-state index contributed by atoms with van der Waals surface area (Å²) in [6.07, 6.45) is 0.255.